The summed E-state index contributed by atoms with van der Waals surface area (Å²) in [5.74, 6) is -2.53. The van der Waals surface area contributed by atoms with E-state index in [1.165, 1.54) is 23.3 Å². The van der Waals surface area contributed by atoms with Gasteiger partial charge in [-0.2, -0.15) is 0 Å². The number of aromatic nitrogens is 1. The average Bonchev–Trinajstić information content (AvgIpc) is 3.89. The number of oxime groups is 1. The second-order valence-corrected chi connectivity index (χ2v) is 19.2. The molecule has 2 unspecified atom stereocenters. The number of ether oxygens (including phenoxy) is 1. The number of nitrogens with one attached hydrogen (secondary N) is 2. The van der Waals surface area contributed by atoms with E-state index >= 15 is 4.79 Å². The third kappa shape index (κ3) is 9.48. The summed E-state index contributed by atoms with van der Waals surface area (Å²) in [4.78, 5) is 68.9. The number of carbonyl (C=O) groups excluding carboxylic acids is 3. The van der Waals surface area contributed by atoms with Crippen molar-refractivity contribution in [2.75, 3.05) is 44.4 Å². The lowest BCUT2D eigenvalue weighted by Gasteiger charge is -2.53. The van der Waals surface area contributed by atoms with Crippen LogP contribution in [0.3, 0.4) is 0 Å². The summed E-state index contributed by atoms with van der Waals surface area (Å²) >= 11 is 2.44. The number of benzene rings is 6. The predicted octanol–water partition coefficient (Wildman–Crippen LogP) is 7.79. The SMILES string of the molecule is CN(CCO)C(=O)OCC1(C(=O)O)CS[C@@H]2C(NC(=O)C(=NOC(c3ccccc3)(c3ccccc3)c3ccccc3)c3csc(NC(c4ccccc4)(c4ccccc4)c4ccccc4)n3)C(=O)N2C1. The van der Waals surface area contributed by atoms with E-state index in [2.05, 4.69) is 47.0 Å². The van der Waals surface area contributed by atoms with Crippen molar-refractivity contribution >= 4 is 57.8 Å². The molecular formula is C55H50N6O8S2. The molecule has 14 nitrogen and oxygen atoms in total. The Bertz CT molecular complexity index is 2800. The lowest BCUT2D eigenvalue weighted by atomic mass is 9.77. The molecule has 0 radical (unpaired) electrons. The van der Waals surface area contributed by atoms with Crippen LogP contribution in [0.1, 0.15) is 39.1 Å². The van der Waals surface area contributed by atoms with Crippen LogP contribution >= 0.6 is 23.1 Å². The number of carboxylic acids is 1. The maximum Gasteiger partial charge on any atom is 0.409 e. The Morgan fingerprint density at radius 2 is 1.23 bits per heavy atom. The Hall–Kier alpha value is -7.79. The third-order valence-corrected chi connectivity index (χ3v) is 15.1. The van der Waals surface area contributed by atoms with E-state index in [0.717, 1.165) is 50.0 Å². The van der Waals surface area contributed by atoms with E-state index in [9.17, 15) is 24.6 Å². The number of hydrogen-bond donors (Lipinski definition) is 4. The topological polar surface area (TPSA) is 183 Å². The molecule has 71 heavy (non-hydrogen) atoms. The first-order valence-electron chi connectivity index (χ1n) is 22.9. The van der Waals surface area contributed by atoms with Crippen molar-refractivity contribution in [3.63, 3.8) is 0 Å². The fourth-order valence-corrected chi connectivity index (χ4v) is 11.3. The number of carboxylic acid groups (broad SMARTS) is 1. The number of aliphatic carboxylic acids is 1. The number of thioether (sulfide) groups is 1. The fourth-order valence-electron chi connectivity index (χ4n) is 9.04. The quantitative estimate of drug-likeness (QED) is 0.0285. The van der Waals surface area contributed by atoms with Gasteiger partial charge in [0.05, 0.1) is 6.61 Å². The summed E-state index contributed by atoms with van der Waals surface area (Å²) in [5.41, 5.74) is 1.04. The van der Waals surface area contributed by atoms with E-state index in [4.69, 9.17) is 19.7 Å². The van der Waals surface area contributed by atoms with E-state index in [0.29, 0.717) is 5.13 Å². The van der Waals surface area contributed by atoms with Gasteiger partial charge in [0.2, 0.25) is 11.5 Å². The van der Waals surface area contributed by atoms with Gasteiger partial charge >= 0.3 is 12.1 Å². The maximum absolute atomic E-state index is 15.1. The van der Waals surface area contributed by atoms with E-state index in [1.54, 1.807) is 5.38 Å². The van der Waals surface area contributed by atoms with Crippen molar-refractivity contribution in [3.05, 3.63) is 226 Å². The molecule has 16 heteroatoms. The molecule has 2 aliphatic rings. The van der Waals surface area contributed by atoms with Gasteiger partial charge in [0, 0.05) is 48.0 Å². The molecule has 7 aromatic rings. The van der Waals surface area contributed by atoms with Gasteiger partial charge in [-0.25, -0.2) is 9.78 Å². The van der Waals surface area contributed by atoms with Crippen molar-refractivity contribution in [2.24, 2.45) is 10.6 Å². The number of nitrogens with zero attached hydrogens (tertiary/aromatic N) is 4. The second-order valence-electron chi connectivity index (χ2n) is 17.2. The van der Waals surface area contributed by atoms with Crippen LogP contribution in [0.15, 0.2) is 193 Å². The Labute approximate surface area is 419 Å². The lowest BCUT2D eigenvalue weighted by Crippen LogP contribution is -2.74. The van der Waals surface area contributed by atoms with Gasteiger partial charge in [0.15, 0.2) is 10.8 Å². The smallest absolute Gasteiger partial charge is 0.409 e. The standard InChI is InChI=1S/C55H50N6O8S2/c1-60(32-33-62)52(67)68-36-53(50(65)66)35-61-48(64)46(49(61)71-37-53)57-47(63)45(59-69-55(41-26-14-5-15-27-41,42-28-16-6-17-29-42)43-30-18-7-19-31-43)44-34-70-51(56-44)58-54(38-20-8-2-9-21-38,39-22-10-3-11-23-39)40-24-12-4-13-25-40/h2-31,34,46,49,62H,32-33,35-37H2,1H3,(H,56,58)(H,57,63)(H,65,66)/t46?,49-,53?/m1/s1. The maximum atomic E-state index is 15.1. The highest BCUT2D eigenvalue weighted by atomic mass is 32.2. The third-order valence-electron chi connectivity index (χ3n) is 12.8. The van der Waals surface area contributed by atoms with Gasteiger partial charge in [-0.15, -0.1) is 23.1 Å². The number of amides is 3. The number of anilines is 1. The van der Waals surface area contributed by atoms with E-state index in [1.807, 2.05) is 146 Å². The lowest BCUT2D eigenvalue weighted by molar-refractivity contribution is -0.160. The number of aliphatic hydroxyl groups excluding tert-OH is 1. The Kier molecular flexibility index (Phi) is 14.3. The van der Waals surface area contributed by atoms with Crippen LogP contribution < -0.4 is 10.6 Å². The Morgan fingerprint density at radius 1 is 0.761 bits per heavy atom. The molecule has 2 fully saturated rings. The fraction of sp³-hybridized carbons (Fsp3) is 0.200. The molecule has 1 aromatic heterocycles. The molecular weight excluding hydrogens is 937 g/mol. The van der Waals surface area contributed by atoms with E-state index < -0.39 is 58.5 Å². The minimum atomic E-state index is -1.61. The highest BCUT2D eigenvalue weighted by molar-refractivity contribution is 8.00. The molecule has 2 saturated heterocycles. The van der Waals surface area contributed by atoms with Crippen LogP contribution in [0, 0.1) is 5.41 Å². The first-order chi connectivity index (χ1) is 34.6. The van der Waals surface area contributed by atoms with Gasteiger partial charge in [-0.1, -0.05) is 187 Å². The molecule has 0 spiro atoms. The molecule has 6 aromatic carbocycles. The van der Waals surface area contributed by atoms with Gasteiger partial charge < -0.3 is 40.2 Å². The summed E-state index contributed by atoms with van der Waals surface area (Å²) in [6, 6.07) is 57.8. The number of aliphatic hydroxyl groups is 1. The summed E-state index contributed by atoms with van der Waals surface area (Å²) in [6.07, 6.45) is -0.803. The first kappa shape index (κ1) is 48.2. The number of thiazole rings is 1. The summed E-state index contributed by atoms with van der Waals surface area (Å²) in [6.45, 7) is -1.06. The number of β-lactam (4-membered cyclic amide) rings is 1. The largest absolute Gasteiger partial charge is 0.481 e. The van der Waals surface area contributed by atoms with Gasteiger partial charge in [0.1, 0.15) is 34.7 Å². The second kappa shape index (κ2) is 21.1. The first-order valence-corrected chi connectivity index (χ1v) is 24.8. The molecule has 3 atom stereocenters. The number of rotatable bonds is 18. The number of carbonyl (C=O) groups is 4. The molecule has 2 aliphatic heterocycles. The zero-order valence-electron chi connectivity index (χ0n) is 38.5. The van der Waals surface area contributed by atoms with Crippen LogP contribution in [0.25, 0.3) is 0 Å². The Balaban J connectivity index is 1.10. The normalized spacial score (nSPS) is 17.8. The van der Waals surface area contributed by atoms with Crippen LogP contribution in [0.4, 0.5) is 9.93 Å². The van der Waals surface area contributed by atoms with Crippen molar-refractivity contribution in [2.45, 2.75) is 22.6 Å². The molecule has 3 heterocycles. The molecule has 360 valence electrons. The molecule has 0 bridgehead atoms. The van der Waals surface area contributed by atoms with Gasteiger partial charge in [-0.3, -0.25) is 14.4 Å². The van der Waals surface area contributed by atoms with E-state index in [-0.39, 0.29) is 36.9 Å². The van der Waals surface area contributed by atoms with Crippen molar-refractivity contribution in [1.29, 1.82) is 0 Å². The zero-order valence-corrected chi connectivity index (χ0v) is 40.2. The minimum Gasteiger partial charge on any atom is -0.481 e. The molecule has 3 amide bonds. The molecule has 0 aliphatic carbocycles. The minimum absolute atomic E-state index is 0.00162. The van der Waals surface area contributed by atoms with Crippen molar-refractivity contribution in [3.8, 4) is 0 Å². The average molecular weight is 987 g/mol. The zero-order chi connectivity index (χ0) is 49.4. The van der Waals surface area contributed by atoms with Crippen LogP contribution in [0.2, 0.25) is 0 Å². The van der Waals surface area contributed by atoms with Crippen LogP contribution in [-0.4, -0.2) is 105 Å². The van der Waals surface area contributed by atoms with Crippen molar-refractivity contribution < 1.29 is 39.0 Å². The number of fused-ring (bicyclic) bond motifs is 1. The van der Waals surface area contributed by atoms with Crippen molar-refractivity contribution in [1.82, 2.24) is 20.1 Å². The summed E-state index contributed by atoms with van der Waals surface area (Å²) < 4.78 is 5.37. The van der Waals surface area contributed by atoms with Crippen LogP contribution in [-0.2, 0) is 35.1 Å². The monoisotopic (exact) mass is 986 g/mol. The predicted molar refractivity (Wildman–Crippen MR) is 273 cm³/mol. The summed E-state index contributed by atoms with van der Waals surface area (Å²) in [7, 11) is 1.42. The molecule has 9 rings (SSSR count). The van der Waals surface area contributed by atoms with Gasteiger partial charge in [-0.05, 0) is 16.7 Å². The Morgan fingerprint density at radius 3 is 1.68 bits per heavy atom. The van der Waals surface area contributed by atoms with Crippen LogP contribution in [0.5, 0.6) is 0 Å². The highest BCUT2D eigenvalue weighted by Crippen LogP contribution is 2.45. The number of hydrogen-bond acceptors (Lipinski definition) is 12. The molecule has 4 N–H and O–H groups in total. The summed E-state index contributed by atoms with van der Waals surface area (Å²) in [5, 5.41) is 32.7. The number of likely N-dealkylation sites (N-methyl/N-ethyl adjacent to an activating group) is 1. The highest BCUT2D eigenvalue weighted by Gasteiger charge is 2.58. The van der Waals surface area contributed by atoms with Gasteiger partial charge in [0.25, 0.3) is 5.91 Å². The molecule has 0 saturated carbocycles.